The number of piperidine rings is 1. The van der Waals surface area contributed by atoms with E-state index in [-0.39, 0.29) is 30.4 Å². The lowest BCUT2D eigenvalue weighted by Crippen LogP contribution is -2.51. The molecule has 154 valence electrons. The summed E-state index contributed by atoms with van der Waals surface area (Å²) in [6.45, 7) is 4.94. The number of benzene rings is 2. The van der Waals surface area contributed by atoms with E-state index >= 15 is 0 Å². The molecule has 2 aromatic rings. The third-order valence-corrected chi connectivity index (χ3v) is 4.81. The van der Waals surface area contributed by atoms with Crippen LogP contribution in [0.15, 0.2) is 54.6 Å². The van der Waals surface area contributed by atoms with Crippen LogP contribution in [-0.4, -0.2) is 42.5 Å². The molecule has 3 rings (SSSR count). The minimum absolute atomic E-state index is 0.0111. The summed E-state index contributed by atoms with van der Waals surface area (Å²) in [7, 11) is 0. The summed E-state index contributed by atoms with van der Waals surface area (Å²) in [5.74, 6) is 1.98. The van der Waals surface area contributed by atoms with Gasteiger partial charge in [-0.2, -0.15) is 0 Å². The summed E-state index contributed by atoms with van der Waals surface area (Å²) in [6.07, 6.45) is 1.77. The minimum Gasteiger partial charge on any atom is -0.484 e. The molecule has 0 radical (unpaired) electrons. The molecule has 0 spiro atoms. The van der Waals surface area contributed by atoms with Crippen LogP contribution in [0.3, 0.4) is 0 Å². The first kappa shape index (κ1) is 20.7. The Bertz CT molecular complexity index is 805. The lowest BCUT2D eigenvalue weighted by Gasteiger charge is -2.33. The van der Waals surface area contributed by atoms with Crippen LogP contribution in [0, 0.1) is 5.92 Å². The average Bonchev–Trinajstić information content (AvgIpc) is 2.74. The summed E-state index contributed by atoms with van der Waals surface area (Å²) in [5, 5.41) is 3.02. The molecule has 29 heavy (non-hydrogen) atoms. The van der Waals surface area contributed by atoms with Gasteiger partial charge in [-0.1, -0.05) is 32.0 Å². The van der Waals surface area contributed by atoms with Crippen molar-refractivity contribution in [3.63, 3.8) is 0 Å². The van der Waals surface area contributed by atoms with Gasteiger partial charge in [-0.05, 0) is 49.2 Å². The van der Waals surface area contributed by atoms with Crippen molar-refractivity contribution in [3.8, 4) is 17.2 Å². The molecule has 2 amide bonds. The van der Waals surface area contributed by atoms with Crippen molar-refractivity contribution in [2.24, 2.45) is 5.92 Å². The van der Waals surface area contributed by atoms with E-state index in [1.807, 2.05) is 56.3 Å². The van der Waals surface area contributed by atoms with Crippen LogP contribution in [0.2, 0.25) is 0 Å². The van der Waals surface area contributed by atoms with E-state index in [4.69, 9.17) is 9.47 Å². The van der Waals surface area contributed by atoms with Gasteiger partial charge in [0.2, 0.25) is 5.91 Å². The summed E-state index contributed by atoms with van der Waals surface area (Å²) >= 11 is 0. The fraction of sp³-hybridized carbons (Fsp3) is 0.391. The fourth-order valence-electron chi connectivity index (χ4n) is 3.15. The van der Waals surface area contributed by atoms with Gasteiger partial charge in [-0.15, -0.1) is 0 Å². The Morgan fingerprint density at radius 3 is 2.38 bits per heavy atom. The van der Waals surface area contributed by atoms with Crippen LogP contribution >= 0.6 is 0 Å². The highest BCUT2D eigenvalue weighted by molar-refractivity contribution is 5.79. The van der Waals surface area contributed by atoms with Gasteiger partial charge in [0.15, 0.2) is 6.61 Å². The minimum atomic E-state index is -0.0712. The van der Waals surface area contributed by atoms with E-state index in [1.54, 1.807) is 17.0 Å². The number of amides is 2. The second kappa shape index (κ2) is 9.96. The van der Waals surface area contributed by atoms with E-state index in [2.05, 4.69) is 5.32 Å². The van der Waals surface area contributed by atoms with Gasteiger partial charge in [0.1, 0.15) is 17.2 Å². The van der Waals surface area contributed by atoms with Crippen molar-refractivity contribution in [2.45, 2.75) is 32.7 Å². The normalized spacial score (nSPS) is 16.4. The number of carbonyl (C=O) groups excluding carboxylic acids is 2. The number of likely N-dealkylation sites (tertiary alicyclic amines) is 1. The largest absolute Gasteiger partial charge is 0.484 e. The quantitative estimate of drug-likeness (QED) is 0.776. The van der Waals surface area contributed by atoms with Crippen LogP contribution in [0.4, 0.5) is 0 Å². The third-order valence-electron chi connectivity index (χ3n) is 4.81. The Kier molecular flexibility index (Phi) is 7.11. The van der Waals surface area contributed by atoms with Gasteiger partial charge in [0.05, 0.1) is 0 Å². The molecule has 0 aliphatic carbocycles. The first-order chi connectivity index (χ1) is 14.0. The van der Waals surface area contributed by atoms with Gasteiger partial charge in [-0.3, -0.25) is 9.59 Å². The average molecular weight is 396 g/mol. The van der Waals surface area contributed by atoms with E-state index in [0.29, 0.717) is 24.6 Å². The number of para-hydroxylation sites is 1. The molecule has 1 fully saturated rings. The zero-order valence-corrected chi connectivity index (χ0v) is 17.0. The highest BCUT2D eigenvalue weighted by Gasteiger charge is 2.25. The predicted octanol–water partition coefficient (Wildman–Crippen LogP) is 3.62. The molecular weight excluding hydrogens is 368 g/mol. The van der Waals surface area contributed by atoms with Crippen LogP contribution in [-0.2, 0) is 9.59 Å². The summed E-state index contributed by atoms with van der Waals surface area (Å²) in [4.78, 5) is 26.2. The third kappa shape index (κ3) is 6.24. The Hall–Kier alpha value is -3.02. The molecule has 1 atom stereocenters. The molecule has 6 nitrogen and oxygen atoms in total. The number of ether oxygens (including phenoxy) is 2. The maximum atomic E-state index is 12.5. The summed E-state index contributed by atoms with van der Waals surface area (Å²) in [5.41, 5.74) is 0. The Morgan fingerprint density at radius 2 is 1.69 bits per heavy atom. The molecule has 1 N–H and O–H groups in total. The standard InChI is InChI=1S/C23H28N2O4/c1-17(2)23(27)24-18-7-6-14-25(15-18)22(26)16-28-19-10-12-21(13-11-19)29-20-8-4-3-5-9-20/h3-5,8-13,17-18H,6-7,14-16H2,1-2H3,(H,24,27). The molecule has 6 heteroatoms. The SMILES string of the molecule is CC(C)C(=O)NC1CCCN(C(=O)COc2ccc(Oc3ccccc3)cc2)C1. The molecule has 0 bridgehead atoms. The molecule has 1 heterocycles. The molecular formula is C23H28N2O4. The first-order valence-electron chi connectivity index (χ1n) is 10.0. The zero-order valence-electron chi connectivity index (χ0n) is 17.0. The maximum absolute atomic E-state index is 12.5. The lowest BCUT2D eigenvalue weighted by atomic mass is 10.0. The molecule has 0 saturated carbocycles. The molecule has 1 aliphatic heterocycles. The Morgan fingerprint density at radius 1 is 1.03 bits per heavy atom. The highest BCUT2D eigenvalue weighted by Crippen LogP contribution is 2.23. The highest BCUT2D eigenvalue weighted by atomic mass is 16.5. The van der Waals surface area contributed by atoms with Gasteiger partial charge in [0, 0.05) is 25.0 Å². The summed E-state index contributed by atoms with van der Waals surface area (Å²) in [6, 6.07) is 16.7. The number of rotatable bonds is 7. The number of hydrogen-bond acceptors (Lipinski definition) is 4. The van der Waals surface area contributed by atoms with Crippen molar-refractivity contribution in [1.29, 1.82) is 0 Å². The second-order valence-electron chi connectivity index (χ2n) is 7.52. The van der Waals surface area contributed by atoms with Crippen LogP contribution in [0.5, 0.6) is 17.2 Å². The van der Waals surface area contributed by atoms with Crippen molar-refractivity contribution >= 4 is 11.8 Å². The Labute approximate surface area is 171 Å². The van der Waals surface area contributed by atoms with Gasteiger partial charge in [0.25, 0.3) is 5.91 Å². The number of nitrogens with one attached hydrogen (secondary N) is 1. The van der Waals surface area contributed by atoms with E-state index in [1.165, 1.54) is 0 Å². The topological polar surface area (TPSA) is 67.9 Å². The number of nitrogens with zero attached hydrogens (tertiary/aromatic N) is 1. The van der Waals surface area contributed by atoms with Crippen molar-refractivity contribution in [3.05, 3.63) is 54.6 Å². The van der Waals surface area contributed by atoms with Crippen molar-refractivity contribution in [2.75, 3.05) is 19.7 Å². The molecule has 1 saturated heterocycles. The van der Waals surface area contributed by atoms with Crippen molar-refractivity contribution < 1.29 is 19.1 Å². The van der Waals surface area contributed by atoms with E-state index < -0.39 is 0 Å². The van der Waals surface area contributed by atoms with E-state index in [9.17, 15) is 9.59 Å². The molecule has 1 aliphatic rings. The van der Waals surface area contributed by atoms with Crippen LogP contribution in [0.25, 0.3) is 0 Å². The van der Waals surface area contributed by atoms with Gasteiger partial charge >= 0.3 is 0 Å². The Balaban J connectivity index is 1.46. The van der Waals surface area contributed by atoms with Crippen LogP contribution < -0.4 is 14.8 Å². The first-order valence-corrected chi connectivity index (χ1v) is 10.0. The van der Waals surface area contributed by atoms with Gasteiger partial charge < -0.3 is 19.7 Å². The maximum Gasteiger partial charge on any atom is 0.260 e. The lowest BCUT2D eigenvalue weighted by molar-refractivity contribution is -0.135. The zero-order chi connectivity index (χ0) is 20.6. The van der Waals surface area contributed by atoms with Crippen molar-refractivity contribution in [1.82, 2.24) is 10.2 Å². The molecule has 2 aromatic carbocycles. The molecule has 0 aromatic heterocycles. The van der Waals surface area contributed by atoms with E-state index in [0.717, 1.165) is 18.6 Å². The number of carbonyl (C=O) groups is 2. The molecule has 1 unspecified atom stereocenters. The summed E-state index contributed by atoms with van der Waals surface area (Å²) < 4.78 is 11.4. The van der Waals surface area contributed by atoms with Gasteiger partial charge in [-0.25, -0.2) is 0 Å². The smallest absolute Gasteiger partial charge is 0.260 e. The fourth-order valence-corrected chi connectivity index (χ4v) is 3.15. The monoisotopic (exact) mass is 396 g/mol. The number of hydrogen-bond donors (Lipinski definition) is 1. The van der Waals surface area contributed by atoms with Crippen LogP contribution in [0.1, 0.15) is 26.7 Å². The second-order valence-corrected chi connectivity index (χ2v) is 7.52. The predicted molar refractivity (Wildman–Crippen MR) is 111 cm³/mol.